The van der Waals surface area contributed by atoms with Gasteiger partial charge in [0.1, 0.15) is 0 Å². The van der Waals surface area contributed by atoms with Crippen LogP contribution in [0.3, 0.4) is 0 Å². The molecule has 0 fully saturated rings. The Kier molecular flexibility index (Phi) is 2.84. The summed E-state index contributed by atoms with van der Waals surface area (Å²) in [6.45, 7) is 0. The maximum atomic E-state index is 6.10. The molecule has 0 spiro atoms. The minimum absolute atomic E-state index is 1.02. The summed E-state index contributed by atoms with van der Waals surface area (Å²) in [7, 11) is 0. The molecule has 0 aromatic rings. The lowest BCUT2D eigenvalue weighted by molar-refractivity contribution is 2.78. The highest BCUT2D eigenvalue weighted by Gasteiger charge is 1.44. The third kappa shape index (κ3) is 1.91. The van der Waals surface area contributed by atoms with Gasteiger partial charge < -0.3 is 0 Å². The SMILES string of the molecule is [C]#CS[CH2]. The van der Waals surface area contributed by atoms with Gasteiger partial charge in [0, 0.05) is 6.26 Å². The van der Waals surface area contributed by atoms with Crippen LogP contribution in [0.25, 0.3) is 0 Å². The summed E-state index contributed by atoms with van der Waals surface area (Å²) in [5.74, 6) is 0. The van der Waals surface area contributed by atoms with Crippen molar-refractivity contribution in [1.29, 1.82) is 0 Å². The van der Waals surface area contributed by atoms with E-state index in [-0.39, 0.29) is 0 Å². The number of hydrogen-bond donors (Lipinski definition) is 0. The van der Waals surface area contributed by atoms with E-state index in [1.807, 2.05) is 5.25 Å². The predicted octanol–water partition coefficient (Wildman–Crippen LogP) is 1.06. The Labute approximate surface area is 30.6 Å². The molecule has 0 aliphatic rings. The van der Waals surface area contributed by atoms with E-state index in [4.69, 9.17) is 6.42 Å². The molecule has 0 bridgehead atoms. The number of hydrogen-bond acceptors (Lipinski definition) is 1. The van der Waals surface area contributed by atoms with Gasteiger partial charge in [0.2, 0.25) is 0 Å². The zero-order valence-corrected chi connectivity index (χ0v) is 2.93. The first-order valence-corrected chi connectivity index (χ1v) is 1.73. The van der Waals surface area contributed by atoms with Crippen LogP contribution in [0.15, 0.2) is 0 Å². The summed E-state index contributed by atoms with van der Waals surface area (Å²) in [5.41, 5.74) is 0. The van der Waals surface area contributed by atoms with Gasteiger partial charge in [0.25, 0.3) is 0 Å². The van der Waals surface area contributed by atoms with Gasteiger partial charge in [-0.25, -0.2) is 0 Å². The van der Waals surface area contributed by atoms with E-state index >= 15 is 0 Å². The van der Waals surface area contributed by atoms with Crippen LogP contribution in [-0.4, -0.2) is 0 Å². The average molecular weight is 70.1 g/mol. The molecule has 0 rings (SSSR count). The van der Waals surface area contributed by atoms with Crippen molar-refractivity contribution in [3.8, 4) is 5.25 Å². The summed E-state index contributed by atoms with van der Waals surface area (Å²) < 4.78 is 0. The van der Waals surface area contributed by atoms with E-state index in [2.05, 4.69) is 6.26 Å². The first-order valence-electron chi connectivity index (χ1n) is 0.743. The summed E-state index contributed by atoms with van der Waals surface area (Å²) in [6, 6.07) is 0. The third-order valence-corrected chi connectivity index (χ3v) is 0.217. The van der Waals surface area contributed by atoms with Gasteiger partial charge in [-0.2, -0.15) is 0 Å². The minimum Gasteiger partial charge on any atom is -0.0732 e. The van der Waals surface area contributed by atoms with Crippen molar-refractivity contribution in [1.82, 2.24) is 0 Å². The molecule has 0 atom stereocenters. The molecular formula is C3H2S. The molecule has 0 aliphatic heterocycles. The van der Waals surface area contributed by atoms with Crippen LogP contribution in [0.2, 0.25) is 0 Å². The molecule has 0 saturated heterocycles. The monoisotopic (exact) mass is 70.0 g/mol. The van der Waals surface area contributed by atoms with Crippen LogP contribution in [0.5, 0.6) is 0 Å². The molecular weight excluding hydrogens is 68.1 g/mol. The van der Waals surface area contributed by atoms with Crippen molar-refractivity contribution in [3.05, 3.63) is 12.7 Å². The maximum absolute atomic E-state index is 6.10. The van der Waals surface area contributed by atoms with E-state index in [0.29, 0.717) is 0 Å². The van der Waals surface area contributed by atoms with E-state index in [1.54, 1.807) is 0 Å². The van der Waals surface area contributed by atoms with Crippen molar-refractivity contribution < 1.29 is 0 Å². The van der Waals surface area contributed by atoms with Crippen LogP contribution in [-0.2, 0) is 0 Å². The molecule has 0 amide bonds. The average Bonchev–Trinajstić information content (AvgIpc) is 1.37. The van der Waals surface area contributed by atoms with E-state index in [9.17, 15) is 0 Å². The lowest BCUT2D eigenvalue weighted by atomic mass is 11.4. The van der Waals surface area contributed by atoms with Crippen molar-refractivity contribution >= 4 is 11.8 Å². The zero-order valence-electron chi connectivity index (χ0n) is 2.12. The summed E-state index contributed by atoms with van der Waals surface area (Å²) in [4.78, 5) is 0. The van der Waals surface area contributed by atoms with Gasteiger partial charge in [0.05, 0.1) is 0 Å². The van der Waals surface area contributed by atoms with Crippen molar-refractivity contribution in [3.63, 3.8) is 0 Å². The second kappa shape index (κ2) is 2.91. The fourth-order valence-electron chi connectivity index (χ4n) is 0. The highest BCUT2D eigenvalue weighted by atomic mass is 32.2. The molecule has 0 unspecified atom stereocenters. The van der Waals surface area contributed by atoms with Gasteiger partial charge in [-0.15, -0.1) is 0 Å². The van der Waals surface area contributed by atoms with Crippen LogP contribution >= 0.6 is 11.8 Å². The van der Waals surface area contributed by atoms with E-state index in [0.717, 1.165) is 11.8 Å². The van der Waals surface area contributed by atoms with Gasteiger partial charge in [0.15, 0.2) is 0 Å². The second-order valence-electron chi connectivity index (χ2n) is 0.246. The molecule has 0 nitrogen and oxygen atoms in total. The highest BCUT2D eigenvalue weighted by molar-refractivity contribution is 8.04. The molecule has 0 aromatic carbocycles. The fraction of sp³-hybridized carbons (Fsp3) is 0. The summed E-state index contributed by atoms with van der Waals surface area (Å²) in [5, 5.41) is 1.99. The second-order valence-corrected chi connectivity index (χ2v) is 0.739. The topological polar surface area (TPSA) is 0 Å². The molecule has 2 radical (unpaired) electrons. The van der Waals surface area contributed by atoms with Crippen LogP contribution in [0, 0.1) is 17.9 Å². The van der Waals surface area contributed by atoms with Gasteiger partial charge in [-0.1, -0.05) is 11.8 Å². The quantitative estimate of drug-likeness (QED) is 0.384. The molecule has 4 heavy (non-hydrogen) atoms. The standard InChI is InChI=1S/C3H2S/c1-3-4-2/h2H2. The van der Waals surface area contributed by atoms with Crippen LogP contribution < -0.4 is 0 Å². The lowest BCUT2D eigenvalue weighted by Crippen LogP contribution is -1.20. The van der Waals surface area contributed by atoms with Crippen molar-refractivity contribution in [2.75, 3.05) is 0 Å². The van der Waals surface area contributed by atoms with Gasteiger partial charge in [-0.05, 0) is 11.7 Å². The van der Waals surface area contributed by atoms with Gasteiger partial charge >= 0.3 is 0 Å². The van der Waals surface area contributed by atoms with Crippen molar-refractivity contribution in [2.24, 2.45) is 0 Å². The van der Waals surface area contributed by atoms with Gasteiger partial charge in [-0.3, -0.25) is 0 Å². The minimum atomic E-state index is 1.02. The van der Waals surface area contributed by atoms with Crippen molar-refractivity contribution in [2.45, 2.75) is 0 Å². The highest BCUT2D eigenvalue weighted by Crippen LogP contribution is 1.83. The van der Waals surface area contributed by atoms with E-state index in [1.165, 1.54) is 0 Å². The van der Waals surface area contributed by atoms with Crippen LogP contribution in [0.4, 0.5) is 0 Å². The van der Waals surface area contributed by atoms with E-state index < -0.39 is 0 Å². The lowest BCUT2D eigenvalue weighted by Gasteiger charge is -1.51. The molecule has 0 aromatic heterocycles. The Hall–Kier alpha value is -0.0900. The Morgan fingerprint density at radius 3 is 2.25 bits per heavy atom. The molecule has 0 aliphatic carbocycles. The Bertz CT molecular complexity index is 33.0. The predicted molar refractivity (Wildman–Crippen MR) is 20.1 cm³/mol. The normalized spacial score (nSPS) is 5.00. The number of rotatable bonds is 0. The van der Waals surface area contributed by atoms with Crippen LogP contribution in [0.1, 0.15) is 0 Å². The first kappa shape index (κ1) is 3.91. The first-order chi connectivity index (χ1) is 1.91. The molecule has 0 saturated carbocycles. The molecule has 0 heterocycles. The maximum Gasteiger partial charge on any atom is 0.0158 e. The molecule has 20 valence electrons. The fourth-order valence-corrected chi connectivity index (χ4v) is 0. The Morgan fingerprint density at radius 1 is 2.00 bits per heavy atom. The molecule has 0 N–H and O–H groups in total. The Morgan fingerprint density at radius 2 is 2.25 bits per heavy atom. The number of thioether (sulfide) groups is 1. The largest absolute Gasteiger partial charge is 0.0732 e. The molecule has 1 heteroatoms. The third-order valence-electron chi connectivity index (χ3n) is 0.0722. The summed E-state index contributed by atoms with van der Waals surface area (Å²) >= 11 is 1.02. The zero-order chi connectivity index (χ0) is 3.41. The Balaban J connectivity index is 2.43. The smallest absolute Gasteiger partial charge is 0.0158 e. The summed E-state index contributed by atoms with van der Waals surface area (Å²) in [6.07, 6.45) is 9.32.